The number of carbonyl (C=O) groups is 1. The van der Waals surface area contributed by atoms with E-state index >= 15 is 0 Å². The number of aromatic nitrogens is 4. The van der Waals surface area contributed by atoms with E-state index in [0.29, 0.717) is 12.2 Å². The molecule has 0 unspecified atom stereocenters. The minimum absolute atomic E-state index is 0.170. The van der Waals surface area contributed by atoms with Gasteiger partial charge in [-0.1, -0.05) is 5.21 Å². The van der Waals surface area contributed by atoms with Crippen LogP contribution in [0.25, 0.3) is 0 Å². The molecule has 2 heterocycles. The van der Waals surface area contributed by atoms with Crippen LogP contribution in [0.5, 0.6) is 0 Å². The van der Waals surface area contributed by atoms with E-state index < -0.39 is 0 Å². The first-order valence-corrected chi connectivity index (χ1v) is 6.58. The smallest absolute Gasteiger partial charge is 0.280 e. The molecule has 0 spiro atoms. The van der Waals surface area contributed by atoms with Gasteiger partial charge in [0.15, 0.2) is 5.69 Å². The quantitative estimate of drug-likeness (QED) is 0.859. The SMILES string of the molecule is CCN(C(=O)c1cn(C(C)(C)C)nn1)c1cccnc1. The highest BCUT2D eigenvalue weighted by molar-refractivity contribution is 6.04. The van der Waals surface area contributed by atoms with Gasteiger partial charge in [0.1, 0.15) is 0 Å². The molecule has 2 aromatic rings. The Morgan fingerprint density at radius 3 is 2.65 bits per heavy atom. The maximum atomic E-state index is 12.5. The lowest BCUT2D eigenvalue weighted by molar-refractivity contribution is 0.0983. The lowest BCUT2D eigenvalue weighted by atomic mass is 10.1. The summed E-state index contributed by atoms with van der Waals surface area (Å²) in [5.41, 5.74) is 0.896. The number of rotatable bonds is 3. The third kappa shape index (κ3) is 2.84. The predicted molar refractivity (Wildman–Crippen MR) is 76.6 cm³/mol. The van der Waals surface area contributed by atoms with Crippen molar-refractivity contribution in [1.29, 1.82) is 0 Å². The van der Waals surface area contributed by atoms with Crippen LogP contribution in [-0.2, 0) is 5.54 Å². The molecule has 20 heavy (non-hydrogen) atoms. The molecule has 0 bridgehead atoms. The second-order valence-electron chi connectivity index (χ2n) is 5.48. The third-order valence-corrected chi connectivity index (χ3v) is 2.92. The first kappa shape index (κ1) is 14.2. The number of pyridine rings is 1. The van der Waals surface area contributed by atoms with Gasteiger partial charge in [-0.2, -0.15) is 0 Å². The standard InChI is InChI=1S/C14H19N5O/c1-5-18(11-7-6-8-15-9-11)13(20)12-10-19(17-16-12)14(2,3)4/h6-10H,5H2,1-4H3. The molecule has 0 fully saturated rings. The Labute approximate surface area is 118 Å². The van der Waals surface area contributed by atoms with Crippen molar-refractivity contribution in [1.82, 2.24) is 20.0 Å². The van der Waals surface area contributed by atoms with E-state index in [-0.39, 0.29) is 11.4 Å². The van der Waals surface area contributed by atoms with Crippen LogP contribution >= 0.6 is 0 Å². The maximum absolute atomic E-state index is 12.5. The van der Waals surface area contributed by atoms with Gasteiger partial charge in [0.2, 0.25) is 0 Å². The fourth-order valence-electron chi connectivity index (χ4n) is 1.78. The van der Waals surface area contributed by atoms with Gasteiger partial charge in [-0.05, 0) is 39.8 Å². The van der Waals surface area contributed by atoms with Gasteiger partial charge in [0, 0.05) is 12.7 Å². The number of carbonyl (C=O) groups excluding carboxylic acids is 1. The van der Waals surface area contributed by atoms with E-state index in [1.54, 1.807) is 34.2 Å². The fourth-order valence-corrected chi connectivity index (χ4v) is 1.78. The second-order valence-corrected chi connectivity index (χ2v) is 5.48. The predicted octanol–water partition coefficient (Wildman–Crippen LogP) is 2.09. The highest BCUT2D eigenvalue weighted by Crippen LogP contribution is 2.16. The molecule has 0 saturated heterocycles. The summed E-state index contributed by atoms with van der Waals surface area (Å²) < 4.78 is 1.69. The van der Waals surface area contributed by atoms with Gasteiger partial charge in [0.05, 0.1) is 23.6 Å². The molecule has 6 heteroatoms. The molecule has 0 saturated carbocycles. The molecule has 2 aromatic heterocycles. The van der Waals surface area contributed by atoms with Crippen LogP contribution < -0.4 is 4.90 Å². The summed E-state index contributed by atoms with van der Waals surface area (Å²) in [6.07, 6.45) is 5.02. The van der Waals surface area contributed by atoms with Crippen LogP contribution in [0.2, 0.25) is 0 Å². The Kier molecular flexibility index (Phi) is 3.83. The van der Waals surface area contributed by atoms with Gasteiger partial charge in [-0.15, -0.1) is 5.10 Å². The van der Waals surface area contributed by atoms with Gasteiger partial charge >= 0.3 is 0 Å². The lowest BCUT2D eigenvalue weighted by Gasteiger charge is -2.19. The molecule has 0 aliphatic rings. The van der Waals surface area contributed by atoms with Crippen LogP contribution in [-0.4, -0.2) is 32.4 Å². The van der Waals surface area contributed by atoms with Crippen LogP contribution in [0, 0.1) is 0 Å². The van der Waals surface area contributed by atoms with E-state index in [4.69, 9.17) is 0 Å². The minimum atomic E-state index is -0.198. The first-order chi connectivity index (χ1) is 9.43. The van der Waals surface area contributed by atoms with Gasteiger partial charge in [-0.3, -0.25) is 9.78 Å². The van der Waals surface area contributed by atoms with E-state index in [2.05, 4.69) is 15.3 Å². The van der Waals surface area contributed by atoms with Crippen molar-refractivity contribution in [3.8, 4) is 0 Å². The molecular formula is C14H19N5O. The van der Waals surface area contributed by atoms with Gasteiger partial charge < -0.3 is 4.90 Å². The zero-order valence-corrected chi connectivity index (χ0v) is 12.2. The molecule has 6 nitrogen and oxygen atoms in total. The Morgan fingerprint density at radius 1 is 1.40 bits per heavy atom. The molecule has 2 rings (SSSR count). The summed E-state index contributed by atoms with van der Waals surface area (Å²) in [4.78, 5) is 18.2. The summed E-state index contributed by atoms with van der Waals surface area (Å²) in [7, 11) is 0. The second kappa shape index (κ2) is 5.40. The van der Waals surface area contributed by atoms with Crippen molar-refractivity contribution in [3.63, 3.8) is 0 Å². The Morgan fingerprint density at radius 2 is 2.15 bits per heavy atom. The maximum Gasteiger partial charge on any atom is 0.280 e. The van der Waals surface area contributed by atoms with E-state index in [0.717, 1.165) is 5.69 Å². The number of hydrogen-bond acceptors (Lipinski definition) is 4. The molecule has 0 aliphatic carbocycles. The molecule has 0 aromatic carbocycles. The third-order valence-electron chi connectivity index (χ3n) is 2.92. The monoisotopic (exact) mass is 273 g/mol. The molecular weight excluding hydrogens is 254 g/mol. The van der Waals surface area contributed by atoms with E-state index in [1.165, 1.54) is 0 Å². The highest BCUT2D eigenvalue weighted by Gasteiger charge is 2.22. The lowest BCUT2D eigenvalue weighted by Crippen LogP contribution is -2.31. The number of amides is 1. The average Bonchev–Trinajstić information content (AvgIpc) is 2.90. The van der Waals surface area contributed by atoms with Crippen LogP contribution in [0.4, 0.5) is 5.69 Å². The highest BCUT2D eigenvalue weighted by atomic mass is 16.2. The Balaban J connectivity index is 2.28. The van der Waals surface area contributed by atoms with Crippen LogP contribution in [0.3, 0.4) is 0 Å². The van der Waals surface area contributed by atoms with Crippen molar-refractivity contribution in [2.45, 2.75) is 33.2 Å². The molecule has 0 aliphatic heterocycles. The normalized spacial score (nSPS) is 11.4. The first-order valence-electron chi connectivity index (χ1n) is 6.58. The van der Waals surface area contributed by atoms with Crippen molar-refractivity contribution in [2.24, 2.45) is 0 Å². The van der Waals surface area contributed by atoms with Crippen molar-refractivity contribution >= 4 is 11.6 Å². The fraction of sp³-hybridized carbons (Fsp3) is 0.429. The number of anilines is 1. The molecule has 0 radical (unpaired) electrons. The van der Waals surface area contributed by atoms with E-state index in [9.17, 15) is 4.79 Å². The van der Waals surface area contributed by atoms with Crippen LogP contribution in [0.15, 0.2) is 30.7 Å². The largest absolute Gasteiger partial charge is 0.306 e. The molecule has 106 valence electrons. The Bertz CT molecular complexity index is 585. The summed E-state index contributed by atoms with van der Waals surface area (Å²) in [6, 6.07) is 3.65. The van der Waals surface area contributed by atoms with Crippen molar-refractivity contribution in [3.05, 3.63) is 36.4 Å². The van der Waals surface area contributed by atoms with Crippen molar-refractivity contribution < 1.29 is 4.79 Å². The minimum Gasteiger partial charge on any atom is -0.306 e. The number of nitrogens with zero attached hydrogens (tertiary/aromatic N) is 5. The molecule has 0 N–H and O–H groups in total. The molecule has 1 amide bonds. The topological polar surface area (TPSA) is 63.9 Å². The van der Waals surface area contributed by atoms with Gasteiger partial charge in [0.25, 0.3) is 5.91 Å². The molecule has 0 atom stereocenters. The average molecular weight is 273 g/mol. The Hall–Kier alpha value is -2.24. The van der Waals surface area contributed by atoms with E-state index in [1.807, 2.05) is 33.8 Å². The summed E-state index contributed by atoms with van der Waals surface area (Å²) in [6.45, 7) is 8.49. The van der Waals surface area contributed by atoms with Crippen LogP contribution in [0.1, 0.15) is 38.2 Å². The van der Waals surface area contributed by atoms with Gasteiger partial charge in [-0.25, -0.2) is 4.68 Å². The number of hydrogen-bond donors (Lipinski definition) is 0. The summed E-state index contributed by atoms with van der Waals surface area (Å²) in [5.74, 6) is -0.170. The summed E-state index contributed by atoms with van der Waals surface area (Å²) >= 11 is 0. The zero-order chi connectivity index (χ0) is 14.8. The summed E-state index contributed by atoms with van der Waals surface area (Å²) in [5, 5.41) is 8.00. The van der Waals surface area contributed by atoms with Crippen molar-refractivity contribution in [2.75, 3.05) is 11.4 Å². The zero-order valence-electron chi connectivity index (χ0n) is 12.2.